The van der Waals surface area contributed by atoms with E-state index in [1.807, 2.05) is 72.8 Å². The first kappa shape index (κ1) is 45.0. The molecule has 2 aliphatic rings. The Morgan fingerprint density at radius 2 is 0.903 bits per heavy atom. The summed E-state index contributed by atoms with van der Waals surface area (Å²) in [6.45, 7) is 18.5. The van der Waals surface area contributed by atoms with Crippen LogP contribution in [-0.2, 0) is 13.1 Å². The summed E-state index contributed by atoms with van der Waals surface area (Å²) < 4.78 is 0. The average Bonchev–Trinajstić information content (AvgIpc) is 3.23. The quantitative estimate of drug-likeness (QED) is 0.0793. The van der Waals surface area contributed by atoms with Crippen molar-refractivity contribution in [2.45, 2.75) is 103 Å². The highest BCUT2D eigenvalue weighted by Gasteiger charge is 2.26. The van der Waals surface area contributed by atoms with Gasteiger partial charge in [-0.1, -0.05) is 71.7 Å². The molecule has 2 aliphatic heterocycles. The first-order chi connectivity index (χ1) is 29.6. The second kappa shape index (κ2) is 19.6. The first-order valence-electron chi connectivity index (χ1n) is 21.8. The minimum absolute atomic E-state index is 0.126. The number of hydrogen-bond acceptors (Lipinski definition) is 10. The van der Waals surface area contributed by atoms with Crippen LogP contribution in [-0.4, -0.2) is 69.5 Å². The molecule has 0 atom stereocenters. The third-order valence-electron chi connectivity index (χ3n) is 11.3. The lowest BCUT2D eigenvalue weighted by Gasteiger charge is -2.37. The number of aromatic nitrogens is 2. The predicted molar refractivity (Wildman–Crippen MR) is 261 cm³/mol. The maximum Gasteiger partial charge on any atom is 0.141 e. The number of para-hydroxylation sites is 2. The monoisotopic (exact) mass is 876 g/mol. The molecule has 0 saturated carbocycles. The molecule has 2 aromatic heterocycles. The Morgan fingerprint density at radius 3 is 1.24 bits per heavy atom. The summed E-state index contributed by atoms with van der Waals surface area (Å²) in [7, 11) is 0. The zero-order valence-corrected chi connectivity index (χ0v) is 38.4. The standard InChI is InChI=1S/2C25H31ClN4O/c2*1-25(2,3)29-19-11-13-30(14-12-19)21-15-23(27-16-17-7-9-18(26)10-8-17)28-24-20(21)5-4-6-22(24)31/h2*4-10,15,19,29,31H,11-14,16H2,1-3H3,(H,27,28). The lowest BCUT2D eigenvalue weighted by Crippen LogP contribution is -2.49. The summed E-state index contributed by atoms with van der Waals surface area (Å²) in [5, 5.41) is 38.7. The van der Waals surface area contributed by atoms with Gasteiger partial charge in [0.1, 0.15) is 34.2 Å². The topological polar surface area (TPSA) is 121 Å². The van der Waals surface area contributed by atoms with Crippen LogP contribution in [0.1, 0.15) is 78.4 Å². The molecule has 0 bridgehead atoms. The maximum atomic E-state index is 10.5. The minimum atomic E-state index is 0.126. The SMILES string of the molecule is CC(C)(C)NC1CCN(c2cc(NCc3ccc(Cl)cc3)nc3c(O)cccc23)CC1.CC(C)(C)NC1CCN(c2cc(NCc3ccc(Cl)cc3)nc3c(O)cccc23)CC1. The molecule has 6 aromatic rings. The van der Waals surface area contributed by atoms with Crippen LogP contribution in [0.3, 0.4) is 0 Å². The number of nitrogens with zero attached hydrogens (tertiary/aromatic N) is 4. The van der Waals surface area contributed by atoms with Gasteiger partial charge in [0.15, 0.2) is 0 Å². The van der Waals surface area contributed by atoms with Crippen molar-refractivity contribution in [1.29, 1.82) is 0 Å². The summed E-state index contributed by atoms with van der Waals surface area (Å²) in [5.41, 5.74) is 6.00. The largest absolute Gasteiger partial charge is 0.506 e. The molecule has 62 heavy (non-hydrogen) atoms. The molecular formula is C50H62Cl2N8O2. The van der Waals surface area contributed by atoms with Gasteiger partial charge >= 0.3 is 0 Å². The number of rotatable bonds is 10. The molecule has 12 heteroatoms. The molecule has 0 amide bonds. The van der Waals surface area contributed by atoms with E-state index >= 15 is 0 Å². The van der Waals surface area contributed by atoms with E-state index in [0.717, 1.165) is 107 Å². The number of fused-ring (bicyclic) bond motifs is 2. The van der Waals surface area contributed by atoms with Crippen LogP contribution in [0.25, 0.3) is 21.8 Å². The van der Waals surface area contributed by atoms with E-state index in [9.17, 15) is 10.2 Å². The Morgan fingerprint density at radius 1 is 0.548 bits per heavy atom. The number of nitrogens with one attached hydrogen (secondary N) is 4. The zero-order valence-electron chi connectivity index (χ0n) is 36.9. The van der Waals surface area contributed by atoms with Gasteiger partial charge in [0.05, 0.1) is 0 Å². The molecule has 10 nitrogen and oxygen atoms in total. The van der Waals surface area contributed by atoms with Gasteiger partial charge in [0.2, 0.25) is 0 Å². The molecule has 0 spiro atoms. The number of benzene rings is 4. The summed E-state index contributed by atoms with van der Waals surface area (Å²) in [5.74, 6) is 1.93. The first-order valence-corrected chi connectivity index (χ1v) is 22.6. The van der Waals surface area contributed by atoms with Gasteiger partial charge in [0, 0.05) is 107 Å². The number of phenolic OH excluding ortho intramolecular Hbond substituents is 2. The number of piperidine rings is 2. The fraction of sp³-hybridized carbons (Fsp3) is 0.400. The number of phenols is 2. The second-order valence-electron chi connectivity index (χ2n) is 18.7. The molecule has 8 rings (SSSR count). The Kier molecular flexibility index (Phi) is 14.2. The molecular weight excluding hydrogens is 816 g/mol. The van der Waals surface area contributed by atoms with Gasteiger partial charge in [-0.15, -0.1) is 0 Å². The molecule has 6 N–H and O–H groups in total. The van der Waals surface area contributed by atoms with E-state index in [2.05, 4.69) is 84.7 Å². The summed E-state index contributed by atoms with van der Waals surface area (Å²) in [4.78, 5) is 14.2. The molecule has 0 radical (unpaired) electrons. The van der Waals surface area contributed by atoms with Gasteiger partial charge in [-0.05, 0) is 115 Å². The lowest BCUT2D eigenvalue weighted by atomic mass is 9.99. The Bertz CT molecular complexity index is 2250. The normalized spacial score (nSPS) is 15.4. The highest BCUT2D eigenvalue weighted by Crippen LogP contribution is 2.36. The smallest absolute Gasteiger partial charge is 0.141 e. The van der Waals surface area contributed by atoms with Crippen LogP contribution < -0.4 is 31.1 Å². The van der Waals surface area contributed by atoms with Crippen molar-refractivity contribution in [2.75, 3.05) is 46.6 Å². The Labute approximate surface area is 377 Å². The van der Waals surface area contributed by atoms with E-state index in [1.54, 1.807) is 12.1 Å². The number of pyridine rings is 2. The van der Waals surface area contributed by atoms with Crippen LogP contribution in [0.15, 0.2) is 97.1 Å². The van der Waals surface area contributed by atoms with Crippen molar-refractivity contribution in [3.8, 4) is 11.5 Å². The van der Waals surface area contributed by atoms with Gasteiger partial charge in [0.25, 0.3) is 0 Å². The van der Waals surface area contributed by atoms with Crippen molar-refractivity contribution in [3.05, 3.63) is 118 Å². The second-order valence-corrected chi connectivity index (χ2v) is 19.5. The van der Waals surface area contributed by atoms with Crippen LogP contribution in [0, 0.1) is 0 Å². The highest BCUT2D eigenvalue weighted by atomic mass is 35.5. The predicted octanol–water partition coefficient (Wildman–Crippen LogP) is 11.1. The highest BCUT2D eigenvalue weighted by molar-refractivity contribution is 6.30. The van der Waals surface area contributed by atoms with E-state index < -0.39 is 0 Å². The lowest BCUT2D eigenvalue weighted by molar-refractivity contribution is 0.317. The molecule has 328 valence electrons. The van der Waals surface area contributed by atoms with E-state index in [0.29, 0.717) is 36.2 Å². The molecule has 0 aliphatic carbocycles. The van der Waals surface area contributed by atoms with Crippen LogP contribution >= 0.6 is 23.2 Å². The van der Waals surface area contributed by atoms with Crippen molar-refractivity contribution in [3.63, 3.8) is 0 Å². The summed E-state index contributed by atoms with van der Waals surface area (Å²) in [6, 6.07) is 32.1. The van der Waals surface area contributed by atoms with Crippen LogP contribution in [0.2, 0.25) is 10.0 Å². The summed E-state index contributed by atoms with van der Waals surface area (Å²) >= 11 is 12.0. The number of halogens is 2. The van der Waals surface area contributed by atoms with E-state index in [1.165, 1.54) is 0 Å². The fourth-order valence-electron chi connectivity index (χ4n) is 8.48. The molecule has 2 saturated heterocycles. The van der Waals surface area contributed by atoms with E-state index in [4.69, 9.17) is 33.2 Å². The maximum absolute atomic E-state index is 10.5. The minimum Gasteiger partial charge on any atom is -0.506 e. The van der Waals surface area contributed by atoms with Gasteiger partial charge in [-0.3, -0.25) is 0 Å². The third-order valence-corrected chi connectivity index (χ3v) is 11.8. The van der Waals surface area contributed by atoms with Gasteiger partial charge in [-0.2, -0.15) is 0 Å². The average molecular weight is 878 g/mol. The molecule has 4 heterocycles. The van der Waals surface area contributed by atoms with Crippen molar-refractivity contribution < 1.29 is 10.2 Å². The Hall–Kier alpha value is -5.00. The third kappa shape index (κ3) is 12.1. The summed E-state index contributed by atoms with van der Waals surface area (Å²) in [6.07, 6.45) is 4.36. The number of hydrogen-bond donors (Lipinski definition) is 6. The zero-order chi connectivity index (χ0) is 44.0. The van der Waals surface area contributed by atoms with Crippen molar-refractivity contribution in [1.82, 2.24) is 20.6 Å². The van der Waals surface area contributed by atoms with Gasteiger partial charge in [-0.25, -0.2) is 9.97 Å². The van der Waals surface area contributed by atoms with Crippen molar-refractivity contribution in [2.24, 2.45) is 0 Å². The molecule has 4 aromatic carbocycles. The molecule has 2 fully saturated rings. The van der Waals surface area contributed by atoms with Gasteiger partial charge < -0.3 is 41.3 Å². The Balaban J connectivity index is 0.000000186. The van der Waals surface area contributed by atoms with Crippen molar-refractivity contribution >= 4 is 68.0 Å². The fourth-order valence-corrected chi connectivity index (χ4v) is 8.73. The van der Waals surface area contributed by atoms with E-state index in [-0.39, 0.29) is 22.6 Å². The van der Waals surface area contributed by atoms with Crippen LogP contribution in [0.4, 0.5) is 23.0 Å². The molecule has 0 unspecified atom stereocenters. The number of anilines is 4. The van der Waals surface area contributed by atoms with Crippen LogP contribution in [0.5, 0.6) is 11.5 Å². The number of aromatic hydroxyl groups is 2.